The van der Waals surface area contributed by atoms with Crippen LogP contribution in [0.4, 0.5) is 5.69 Å². The molecule has 1 aliphatic heterocycles. The van der Waals surface area contributed by atoms with Gasteiger partial charge >= 0.3 is 0 Å². The molecule has 1 aliphatic carbocycles. The first kappa shape index (κ1) is 25.2. The highest BCUT2D eigenvalue weighted by Crippen LogP contribution is 2.32. The Balaban J connectivity index is 0.00000149. The van der Waals surface area contributed by atoms with Gasteiger partial charge in [-0.25, -0.2) is 0 Å². The molecule has 2 fully saturated rings. The Kier molecular flexibility index (Phi) is 9.74. The molecular weight excluding hydrogens is 476 g/mol. The van der Waals surface area contributed by atoms with E-state index in [0.717, 1.165) is 23.2 Å². The summed E-state index contributed by atoms with van der Waals surface area (Å²) in [6.45, 7) is 6.89. The van der Waals surface area contributed by atoms with Crippen molar-refractivity contribution in [3.63, 3.8) is 0 Å². The molecule has 0 N–H and O–H groups in total. The fourth-order valence-corrected chi connectivity index (χ4v) is 4.81. The van der Waals surface area contributed by atoms with Crippen LogP contribution >= 0.6 is 15.9 Å². The van der Waals surface area contributed by atoms with Gasteiger partial charge in [0.05, 0.1) is 0 Å². The van der Waals surface area contributed by atoms with Crippen LogP contribution in [0.3, 0.4) is 0 Å². The summed E-state index contributed by atoms with van der Waals surface area (Å²) in [6.07, 6.45) is 9.27. The van der Waals surface area contributed by atoms with Crippen LogP contribution in [0.25, 0.3) is 0 Å². The number of allylic oxidation sites excluding steroid dienone is 1. The fourth-order valence-electron chi connectivity index (χ4n) is 4.54. The molecule has 5 heteroatoms. The van der Waals surface area contributed by atoms with Gasteiger partial charge in [-0.2, -0.15) is 0 Å². The van der Waals surface area contributed by atoms with Gasteiger partial charge in [-0.3, -0.25) is 9.59 Å². The average Bonchev–Trinajstić information content (AvgIpc) is 2.89. The van der Waals surface area contributed by atoms with Crippen molar-refractivity contribution in [2.75, 3.05) is 31.1 Å². The highest BCUT2D eigenvalue weighted by molar-refractivity contribution is 9.10. The van der Waals surface area contributed by atoms with Crippen molar-refractivity contribution in [3.05, 3.63) is 76.3 Å². The molecule has 176 valence electrons. The molecule has 2 aliphatic rings. The lowest BCUT2D eigenvalue weighted by Gasteiger charge is -2.35. The topological polar surface area (TPSA) is 40.6 Å². The van der Waals surface area contributed by atoms with Crippen LogP contribution in [0.2, 0.25) is 0 Å². The van der Waals surface area contributed by atoms with Crippen LogP contribution in [-0.2, 0) is 4.79 Å². The zero-order chi connectivity index (χ0) is 23.6. The van der Waals surface area contributed by atoms with Gasteiger partial charge in [-0.1, -0.05) is 73.3 Å². The van der Waals surface area contributed by atoms with E-state index in [1.807, 2.05) is 43.0 Å². The number of nitrogens with zero attached hydrogens (tertiary/aromatic N) is 2. The van der Waals surface area contributed by atoms with Gasteiger partial charge in [0.15, 0.2) is 5.78 Å². The van der Waals surface area contributed by atoms with Crippen LogP contribution in [0.1, 0.15) is 67.8 Å². The fraction of sp³-hybridized carbons (Fsp3) is 0.429. The monoisotopic (exact) mass is 510 g/mol. The molecule has 0 aromatic heterocycles. The van der Waals surface area contributed by atoms with Crippen molar-refractivity contribution >= 4 is 33.3 Å². The molecule has 1 saturated heterocycles. The minimum Gasteiger partial charge on any atom is -0.368 e. The first-order valence-electron chi connectivity index (χ1n) is 12.2. The summed E-state index contributed by atoms with van der Waals surface area (Å²) in [4.78, 5) is 29.1. The van der Waals surface area contributed by atoms with Crippen molar-refractivity contribution in [2.24, 2.45) is 0 Å². The number of benzene rings is 2. The van der Waals surface area contributed by atoms with Gasteiger partial charge in [0.25, 0.3) is 0 Å². The third-order valence-corrected chi connectivity index (χ3v) is 6.96. The van der Waals surface area contributed by atoms with Crippen LogP contribution in [-0.4, -0.2) is 42.8 Å². The van der Waals surface area contributed by atoms with Gasteiger partial charge < -0.3 is 9.80 Å². The standard InChI is InChI=1S/C26H29BrN2O2.C2H6/c27-23-10-12-24(13-11-23)28-16-18-29(19-17-28)26(31)15-14-25(30)22-8-6-21(7-9-22)20-4-2-1-3-5-20;1-2/h6-15,20H,1-5,16-19H2;1-2H3/b15-14+;. The first-order chi connectivity index (χ1) is 16.1. The summed E-state index contributed by atoms with van der Waals surface area (Å²) in [7, 11) is 0. The Morgan fingerprint density at radius 1 is 0.818 bits per heavy atom. The molecular formula is C28H35BrN2O2. The number of hydrogen-bond acceptors (Lipinski definition) is 3. The molecule has 0 unspecified atom stereocenters. The molecule has 4 nitrogen and oxygen atoms in total. The second kappa shape index (κ2) is 12.7. The van der Waals surface area contributed by atoms with E-state index in [0.29, 0.717) is 24.6 Å². The third kappa shape index (κ3) is 7.04. The summed E-state index contributed by atoms with van der Waals surface area (Å²) in [5.74, 6) is 0.422. The highest BCUT2D eigenvalue weighted by atomic mass is 79.9. The van der Waals surface area contributed by atoms with Crippen molar-refractivity contribution in [1.82, 2.24) is 4.90 Å². The van der Waals surface area contributed by atoms with E-state index in [9.17, 15) is 9.59 Å². The van der Waals surface area contributed by atoms with Crippen molar-refractivity contribution in [3.8, 4) is 0 Å². The average molecular weight is 512 g/mol. The first-order valence-corrected chi connectivity index (χ1v) is 13.0. The smallest absolute Gasteiger partial charge is 0.246 e. The van der Waals surface area contributed by atoms with E-state index in [4.69, 9.17) is 0 Å². The Morgan fingerprint density at radius 2 is 1.42 bits per heavy atom. The minimum absolute atomic E-state index is 0.0948. The van der Waals surface area contributed by atoms with Gasteiger partial charge in [0.1, 0.15) is 0 Å². The molecule has 1 saturated carbocycles. The summed E-state index contributed by atoms with van der Waals surface area (Å²) < 4.78 is 1.06. The van der Waals surface area contributed by atoms with Crippen LogP contribution < -0.4 is 4.90 Å². The predicted octanol–water partition coefficient (Wildman–Crippen LogP) is 6.61. The summed E-state index contributed by atoms with van der Waals surface area (Å²) in [5, 5.41) is 0. The Labute approximate surface area is 206 Å². The Morgan fingerprint density at radius 3 is 2.03 bits per heavy atom. The number of halogens is 1. The maximum Gasteiger partial charge on any atom is 0.246 e. The lowest BCUT2D eigenvalue weighted by Crippen LogP contribution is -2.48. The van der Waals surface area contributed by atoms with Gasteiger partial charge in [0.2, 0.25) is 5.91 Å². The third-order valence-electron chi connectivity index (χ3n) is 6.43. The van der Waals surface area contributed by atoms with E-state index in [1.165, 1.54) is 49.8 Å². The molecule has 33 heavy (non-hydrogen) atoms. The zero-order valence-electron chi connectivity index (χ0n) is 19.8. The molecule has 0 spiro atoms. The van der Waals surface area contributed by atoms with E-state index in [-0.39, 0.29) is 11.7 Å². The number of anilines is 1. The lowest BCUT2D eigenvalue weighted by molar-refractivity contribution is -0.126. The van der Waals surface area contributed by atoms with E-state index >= 15 is 0 Å². The zero-order valence-corrected chi connectivity index (χ0v) is 21.4. The second-order valence-electron chi connectivity index (χ2n) is 8.44. The largest absolute Gasteiger partial charge is 0.368 e. The quantitative estimate of drug-likeness (QED) is 0.335. The number of carbonyl (C=O) groups excluding carboxylic acids is 2. The van der Waals surface area contributed by atoms with Gasteiger partial charge in [0, 0.05) is 48.0 Å². The summed E-state index contributed by atoms with van der Waals surface area (Å²) in [6, 6.07) is 16.2. The summed E-state index contributed by atoms with van der Waals surface area (Å²) >= 11 is 3.46. The number of rotatable bonds is 5. The van der Waals surface area contributed by atoms with E-state index < -0.39 is 0 Å². The highest BCUT2D eigenvalue weighted by Gasteiger charge is 2.20. The minimum atomic E-state index is -0.114. The van der Waals surface area contributed by atoms with E-state index in [1.54, 1.807) is 0 Å². The number of hydrogen-bond donors (Lipinski definition) is 0. The molecule has 0 radical (unpaired) electrons. The van der Waals surface area contributed by atoms with Crippen molar-refractivity contribution in [2.45, 2.75) is 51.9 Å². The lowest BCUT2D eigenvalue weighted by atomic mass is 9.84. The maximum absolute atomic E-state index is 12.5. The number of piperazine rings is 1. The van der Waals surface area contributed by atoms with Gasteiger partial charge in [-0.15, -0.1) is 0 Å². The molecule has 1 amide bonds. The molecule has 2 aromatic carbocycles. The number of amides is 1. The van der Waals surface area contributed by atoms with Gasteiger partial charge in [-0.05, 0) is 54.7 Å². The Hall–Kier alpha value is -2.40. The molecule has 0 atom stereocenters. The molecule has 4 rings (SSSR count). The SMILES string of the molecule is CC.O=C(/C=C/C(=O)N1CCN(c2ccc(Br)cc2)CC1)c1ccc(C2CCCCC2)cc1. The maximum atomic E-state index is 12.5. The number of carbonyl (C=O) groups is 2. The summed E-state index contributed by atoms with van der Waals surface area (Å²) in [5.41, 5.74) is 3.14. The van der Waals surface area contributed by atoms with Crippen molar-refractivity contribution in [1.29, 1.82) is 0 Å². The van der Waals surface area contributed by atoms with E-state index in [2.05, 4.69) is 45.1 Å². The molecule has 0 bridgehead atoms. The second-order valence-corrected chi connectivity index (χ2v) is 9.36. The normalized spacial score (nSPS) is 16.9. The van der Waals surface area contributed by atoms with Crippen LogP contribution in [0, 0.1) is 0 Å². The molecule has 2 aromatic rings. The molecule has 1 heterocycles. The predicted molar refractivity (Wildman–Crippen MR) is 140 cm³/mol. The van der Waals surface area contributed by atoms with Crippen molar-refractivity contribution < 1.29 is 9.59 Å². The Bertz CT molecular complexity index is 923. The van der Waals surface area contributed by atoms with Crippen LogP contribution in [0.15, 0.2) is 65.2 Å². The van der Waals surface area contributed by atoms with Crippen LogP contribution in [0.5, 0.6) is 0 Å². The number of ketones is 1.